The molecule has 0 spiro atoms. The minimum Gasteiger partial charge on any atom is -0.391 e. The van der Waals surface area contributed by atoms with Crippen LogP contribution in [0.15, 0.2) is 0 Å². The van der Waals surface area contributed by atoms with Gasteiger partial charge in [-0.3, -0.25) is 0 Å². The van der Waals surface area contributed by atoms with Crippen molar-refractivity contribution in [1.29, 1.82) is 0 Å². The molecule has 1 fully saturated rings. The lowest BCUT2D eigenvalue weighted by Gasteiger charge is -2.42. The summed E-state index contributed by atoms with van der Waals surface area (Å²) < 4.78 is 9.69. The molecule has 0 aromatic carbocycles. The molecule has 0 amide bonds. The summed E-state index contributed by atoms with van der Waals surface area (Å²) in [7, 11) is 1.24. The first kappa shape index (κ1) is 10.8. The van der Waals surface area contributed by atoms with Gasteiger partial charge < -0.3 is 29.9 Å². The highest BCUT2D eigenvalue weighted by molar-refractivity contribution is 4.92. The molecule has 0 bridgehead atoms. The van der Waals surface area contributed by atoms with E-state index in [0.29, 0.717) is 0 Å². The third-order valence-corrected chi connectivity index (χ3v) is 2.23. The van der Waals surface area contributed by atoms with Crippen molar-refractivity contribution < 1.29 is 29.9 Å². The van der Waals surface area contributed by atoms with Crippen LogP contribution in [0, 0.1) is 0 Å². The van der Waals surface area contributed by atoms with Crippen LogP contribution in [-0.4, -0.2) is 64.8 Å². The van der Waals surface area contributed by atoms with Crippen molar-refractivity contribution in [1.82, 2.24) is 0 Å². The molecule has 6 heteroatoms. The van der Waals surface area contributed by atoms with E-state index in [2.05, 4.69) is 0 Å². The van der Waals surface area contributed by atoms with Crippen LogP contribution in [0.4, 0.5) is 0 Å². The van der Waals surface area contributed by atoms with Gasteiger partial charge in [-0.15, -0.1) is 0 Å². The maximum atomic E-state index is 9.44. The predicted octanol–water partition coefficient (Wildman–Crippen LogP) is -2.57. The number of aliphatic hydroxyl groups is 4. The number of hydrogen-bond donors (Lipinski definition) is 4. The largest absolute Gasteiger partial charge is 0.391 e. The zero-order valence-electron chi connectivity index (χ0n) is 7.25. The lowest BCUT2D eigenvalue weighted by atomic mass is 9.97. The van der Waals surface area contributed by atoms with Gasteiger partial charge in [0, 0.05) is 7.11 Å². The maximum absolute atomic E-state index is 9.44. The molecule has 4 N–H and O–H groups in total. The average molecular weight is 194 g/mol. The Bertz CT molecular complexity index is 168. The molecule has 0 aromatic rings. The molecule has 78 valence electrons. The van der Waals surface area contributed by atoms with Crippen LogP contribution < -0.4 is 0 Å². The number of methoxy groups -OCH3 is 1. The molecular formula is C7H14O6. The fraction of sp³-hybridized carbons (Fsp3) is 1.00. The van der Waals surface area contributed by atoms with Crippen molar-refractivity contribution in [2.45, 2.75) is 24.1 Å². The first-order chi connectivity index (χ1) is 6.07. The summed E-state index contributed by atoms with van der Waals surface area (Å²) in [6.45, 7) is -0.777. The summed E-state index contributed by atoms with van der Waals surface area (Å²) in [6, 6.07) is 0. The smallest absolute Gasteiger partial charge is 0.220 e. The van der Waals surface area contributed by atoms with Crippen LogP contribution in [-0.2, 0) is 9.47 Å². The summed E-state index contributed by atoms with van der Waals surface area (Å²) in [5, 5.41) is 36.7. The Morgan fingerprint density at radius 2 is 2.08 bits per heavy atom. The number of ether oxygens (including phenoxy) is 2. The van der Waals surface area contributed by atoms with Crippen molar-refractivity contribution >= 4 is 0 Å². The maximum Gasteiger partial charge on any atom is 0.220 e. The van der Waals surface area contributed by atoms with E-state index in [0.717, 1.165) is 0 Å². The molecule has 0 aromatic heterocycles. The summed E-state index contributed by atoms with van der Waals surface area (Å²) in [6.07, 6.45) is -4.00. The first-order valence-corrected chi connectivity index (χ1v) is 3.91. The van der Waals surface area contributed by atoms with E-state index in [4.69, 9.17) is 19.7 Å². The molecule has 1 aliphatic rings. The Morgan fingerprint density at radius 3 is 2.54 bits per heavy atom. The van der Waals surface area contributed by atoms with E-state index in [-0.39, 0.29) is 6.61 Å². The second-order valence-corrected chi connectivity index (χ2v) is 2.99. The van der Waals surface area contributed by atoms with E-state index < -0.39 is 30.7 Å². The van der Waals surface area contributed by atoms with E-state index in [1.54, 1.807) is 0 Å². The Labute approximate surface area is 75.3 Å². The third kappa shape index (κ3) is 1.69. The Hall–Kier alpha value is -0.240. The van der Waals surface area contributed by atoms with Gasteiger partial charge >= 0.3 is 0 Å². The van der Waals surface area contributed by atoms with E-state index >= 15 is 0 Å². The number of rotatable bonds is 2. The highest BCUT2D eigenvalue weighted by atomic mass is 16.7. The van der Waals surface area contributed by atoms with Crippen molar-refractivity contribution in [2.24, 2.45) is 0 Å². The Morgan fingerprint density at radius 1 is 1.46 bits per heavy atom. The van der Waals surface area contributed by atoms with Gasteiger partial charge in [-0.1, -0.05) is 0 Å². The zero-order chi connectivity index (χ0) is 10.1. The van der Waals surface area contributed by atoms with Crippen LogP contribution >= 0.6 is 0 Å². The molecule has 1 saturated heterocycles. The zero-order valence-corrected chi connectivity index (χ0v) is 7.25. The first-order valence-electron chi connectivity index (χ1n) is 3.91. The molecule has 1 aliphatic heterocycles. The molecule has 0 radical (unpaired) electrons. The van der Waals surface area contributed by atoms with Gasteiger partial charge in [-0.05, 0) is 0 Å². The number of hydrogen-bond acceptors (Lipinski definition) is 6. The van der Waals surface area contributed by atoms with Crippen LogP contribution in [0.2, 0.25) is 0 Å². The second-order valence-electron chi connectivity index (χ2n) is 2.99. The molecule has 0 aliphatic carbocycles. The van der Waals surface area contributed by atoms with Gasteiger partial charge in [0.15, 0.2) is 0 Å². The quantitative estimate of drug-likeness (QED) is 0.386. The molecule has 1 rings (SSSR count). The molecule has 0 unspecified atom stereocenters. The topological polar surface area (TPSA) is 99.4 Å². The Kier molecular flexibility index (Phi) is 3.23. The second kappa shape index (κ2) is 3.87. The van der Waals surface area contributed by atoms with E-state index in [1.165, 1.54) is 7.11 Å². The highest BCUT2D eigenvalue weighted by Gasteiger charge is 2.49. The minimum absolute atomic E-state index is 0.188. The van der Waals surface area contributed by atoms with Gasteiger partial charge in [0.2, 0.25) is 5.79 Å². The van der Waals surface area contributed by atoms with Gasteiger partial charge in [0.05, 0.1) is 6.61 Å². The van der Waals surface area contributed by atoms with Gasteiger partial charge in [-0.2, -0.15) is 0 Å². The average Bonchev–Trinajstić information content (AvgIpc) is 2.16. The fourth-order valence-corrected chi connectivity index (χ4v) is 1.26. The van der Waals surface area contributed by atoms with Crippen molar-refractivity contribution in [3.05, 3.63) is 0 Å². The van der Waals surface area contributed by atoms with Gasteiger partial charge in [0.1, 0.15) is 24.9 Å². The molecule has 13 heavy (non-hydrogen) atoms. The summed E-state index contributed by atoms with van der Waals surface area (Å²) in [5.41, 5.74) is 0. The van der Waals surface area contributed by atoms with Gasteiger partial charge in [-0.25, -0.2) is 0 Å². The third-order valence-electron chi connectivity index (χ3n) is 2.23. The highest BCUT2D eigenvalue weighted by Crippen LogP contribution is 2.26. The minimum atomic E-state index is -1.63. The lowest BCUT2D eigenvalue weighted by molar-refractivity contribution is -0.340. The van der Waals surface area contributed by atoms with Crippen molar-refractivity contribution in [3.63, 3.8) is 0 Å². The molecular weight excluding hydrogens is 180 g/mol. The van der Waals surface area contributed by atoms with Gasteiger partial charge in [0.25, 0.3) is 0 Å². The molecule has 1 heterocycles. The van der Waals surface area contributed by atoms with E-state index in [1.807, 2.05) is 0 Å². The van der Waals surface area contributed by atoms with Crippen molar-refractivity contribution in [2.75, 3.05) is 20.3 Å². The standard InChI is InChI=1S/C7H14O6/c1-12-7(3-8)6(11)5(10)4(9)2-13-7/h4-6,8-11H,2-3H2,1H3/t4-,5+,6-,7-/m1/s1. The van der Waals surface area contributed by atoms with Crippen LogP contribution in [0.3, 0.4) is 0 Å². The molecule has 6 nitrogen and oxygen atoms in total. The molecule has 0 saturated carbocycles. The summed E-state index contributed by atoms with van der Waals surface area (Å²) >= 11 is 0. The monoisotopic (exact) mass is 194 g/mol. The van der Waals surface area contributed by atoms with Crippen LogP contribution in [0.25, 0.3) is 0 Å². The SMILES string of the molecule is CO[C@]1(CO)OC[C@@H](O)[C@H](O)[C@H]1O. The van der Waals surface area contributed by atoms with Crippen LogP contribution in [0.1, 0.15) is 0 Å². The number of aliphatic hydroxyl groups excluding tert-OH is 4. The summed E-state index contributed by atoms with van der Waals surface area (Å²) in [4.78, 5) is 0. The van der Waals surface area contributed by atoms with E-state index in [9.17, 15) is 10.2 Å². The lowest BCUT2D eigenvalue weighted by Crippen LogP contribution is -2.63. The summed E-state index contributed by atoms with van der Waals surface area (Å²) in [5.74, 6) is -1.63. The Balaban J connectivity index is 2.77. The van der Waals surface area contributed by atoms with Crippen LogP contribution in [0.5, 0.6) is 0 Å². The fourth-order valence-electron chi connectivity index (χ4n) is 1.26. The normalized spacial score (nSPS) is 46.4. The van der Waals surface area contributed by atoms with Crippen molar-refractivity contribution in [3.8, 4) is 0 Å². The molecule has 4 atom stereocenters. The predicted molar refractivity (Wildman–Crippen MR) is 40.8 cm³/mol.